The van der Waals surface area contributed by atoms with Gasteiger partial charge in [-0.15, -0.1) is 0 Å². The van der Waals surface area contributed by atoms with Gasteiger partial charge in [-0.05, 0) is 18.2 Å². The lowest BCUT2D eigenvalue weighted by Gasteiger charge is -2.02. The molecule has 0 aliphatic rings. The van der Waals surface area contributed by atoms with E-state index >= 15 is 0 Å². The van der Waals surface area contributed by atoms with Gasteiger partial charge >= 0.3 is 11.6 Å². The fourth-order valence-electron chi connectivity index (χ4n) is 1.41. The van der Waals surface area contributed by atoms with Gasteiger partial charge in [0.1, 0.15) is 5.56 Å². The molecule has 0 radical (unpaired) electrons. The highest BCUT2D eigenvalue weighted by Gasteiger charge is 2.16. The van der Waals surface area contributed by atoms with Gasteiger partial charge in [0.05, 0.1) is 7.11 Å². The van der Waals surface area contributed by atoms with Crippen LogP contribution in [0.15, 0.2) is 31.9 Å². The number of esters is 1. The Kier molecular flexibility index (Phi) is 2.97. The van der Waals surface area contributed by atoms with Crippen LogP contribution in [0.1, 0.15) is 10.4 Å². The number of benzene rings is 1. The van der Waals surface area contributed by atoms with Gasteiger partial charge in [0.15, 0.2) is 11.4 Å². The van der Waals surface area contributed by atoms with Crippen molar-refractivity contribution in [3.63, 3.8) is 0 Å². The van der Waals surface area contributed by atoms with Crippen LogP contribution in [0, 0.1) is 5.82 Å². The molecule has 0 aliphatic carbocycles. The highest BCUT2D eigenvalue weighted by Crippen LogP contribution is 2.22. The molecule has 0 saturated carbocycles. The summed E-state index contributed by atoms with van der Waals surface area (Å²) in [6.45, 7) is 0. The molecule has 17 heavy (non-hydrogen) atoms. The molecule has 1 aromatic heterocycles. The largest absolute Gasteiger partial charge is 0.465 e. The summed E-state index contributed by atoms with van der Waals surface area (Å²) in [6.07, 6.45) is 0. The van der Waals surface area contributed by atoms with Crippen LogP contribution in [0.3, 0.4) is 0 Å². The predicted molar refractivity (Wildman–Crippen MR) is 61.5 cm³/mol. The number of ether oxygens (including phenoxy) is 1. The van der Waals surface area contributed by atoms with Crippen molar-refractivity contribution < 1.29 is 18.3 Å². The minimum atomic E-state index is -0.925. The third-order valence-corrected chi connectivity index (χ3v) is 2.61. The van der Waals surface area contributed by atoms with Gasteiger partial charge in [0.2, 0.25) is 0 Å². The van der Waals surface area contributed by atoms with Crippen LogP contribution >= 0.6 is 15.9 Å². The Labute approximate surface area is 103 Å². The van der Waals surface area contributed by atoms with E-state index in [0.29, 0.717) is 9.86 Å². The summed E-state index contributed by atoms with van der Waals surface area (Å²) in [6, 6.07) is 3.94. The second kappa shape index (κ2) is 4.29. The molecule has 0 unspecified atom stereocenters. The van der Waals surface area contributed by atoms with Gasteiger partial charge < -0.3 is 9.15 Å². The third-order valence-electron chi connectivity index (χ3n) is 2.16. The van der Waals surface area contributed by atoms with Crippen molar-refractivity contribution in [1.29, 1.82) is 0 Å². The first-order valence-electron chi connectivity index (χ1n) is 4.54. The molecule has 0 bridgehead atoms. The summed E-state index contributed by atoms with van der Waals surface area (Å²) < 4.78 is 23.1. The summed E-state index contributed by atoms with van der Waals surface area (Å²) >= 11 is 3.10. The number of carbonyl (C=O) groups excluding carboxylic acids is 1. The standard InChI is InChI=1S/C11H6BrFO4/c1-16-10(14)7-3-5-2-6(12)4-8(13)9(5)17-11(7)15/h2-4H,1H3. The molecule has 0 fully saturated rings. The fourth-order valence-corrected chi connectivity index (χ4v) is 1.86. The van der Waals surface area contributed by atoms with E-state index in [-0.39, 0.29) is 11.1 Å². The maximum Gasteiger partial charge on any atom is 0.351 e. The molecule has 0 N–H and O–H groups in total. The van der Waals surface area contributed by atoms with Crippen molar-refractivity contribution in [3.05, 3.63) is 44.5 Å². The maximum atomic E-state index is 13.5. The molecular weight excluding hydrogens is 295 g/mol. The van der Waals surface area contributed by atoms with Crippen molar-refractivity contribution in [2.24, 2.45) is 0 Å². The molecule has 0 spiro atoms. The molecular formula is C11H6BrFO4. The van der Waals surface area contributed by atoms with Gasteiger partial charge in [0.25, 0.3) is 0 Å². The first kappa shape index (κ1) is 11.8. The molecule has 6 heteroatoms. The van der Waals surface area contributed by atoms with E-state index < -0.39 is 17.4 Å². The monoisotopic (exact) mass is 300 g/mol. The third kappa shape index (κ3) is 2.08. The van der Waals surface area contributed by atoms with E-state index in [2.05, 4.69) is 20.7 Å². The van der Waals surface area contributed by atoms with Gasteiger partial charge in [-0.25, -0.2) is 14.0 Å². The number of rotatable bonds is 1. The zero-order valence-corrected chi connectivity index (χ0v) is 10.2. The van der Waals surface area contributed by atoms with Crippen LogP contribution < -0.4 is 5.63 Å². The Hall–Kier alpha value is -1.69. The van der Waals surface area contributed by atoms with Crippen LogP contribution in [0.25, 0.3) is 11.0 Å². The molecule has 2 rings (SSSR count). The predicted octanol–water partition coefficient (Wildman–Crippen LogP) is 2.48. The molecule has 2 aromatic rings. The lowest BCUT2D eigenvalue weighted by Crippen LogP contribution is -2.15. The Morgan fingerprint density at radius 3 is 2.76 bits per heavy atom. The number of fused-ring (bicyclic) bond motifs is 1. The summed E-state index contributed by atoms with van der Waals surface area (Å²) in [5.41, 5.74) is -1.38. The molecule has 1 heterocycles. The molecule has 0 saturated heterocycles. The van der Waals surface area contributed by atoms with Crippen molar-refractivity contribution in [1.82, 2.24) is 0 Å². The van der Waals surface area contributed by atoms with Crippen LogP contribution in [0.5, 0.6) is 0 Å². The van der Waals surface area contributed by atoms with Gasteiger partial charge in [-0.2, -0.15) is 0 Å². The number of hydrogen-bond donors (Lipinski definition) is 0. The first-order valence-corrected chi connectivity index (χ1v) is 5.33. The minimum absolute atomic E-state index is 0.189. The number of hydrogen-bond acceptors (Lipinski definition) is 4. The lowest BCUT2D eigenvalue weighted by atomic mass is 10.2. The van der Waals surface area contributed by atoms with E-state index in [9.17, 15) is 14.0 Å². The smallest absolute Gasteiger partial charge is 0.351 e. The summed E-state index contributed by atoms with van der Waals surface area (Å²) in [7, 11) is 1.15. The van der Waals surface area contributed by atoms with E-state index in [4.69, 9.17) is 4.42 Å². The lowest BCUT2D eigenvalue weighted by molar-refractivity contribution is 0.0596. The van der Waals surface area contributed by atoms with Crippen molar-refractivity contribution in [3.8, 4) is 0 Å². The minimum Gasteiger partial charge on any atom is -0.465 e. The molecule has 0 amide bonds. The zero-order chi connectivity index (χ0) is 12.6. The van der Waals surface area contributed by atoms with Crippen molar-refractivity contribution in [2.45, 2.75) is 0 Å². The average Bonchev–Trinajstić information content (AvgIpc) is 2.28. The molecule has 0 aliphatic heterocycles. The molecule has 88 valence electrons. The highest BCUT2D eigenvalue weighted by atomic mass is 79.9. The molecule has 0 atom stereocenters. The SMILES string of the molecule is COC(=O)c1cc2cc(Br)cc(F)c2oc1=O. The Balaban J connectivity index is 2.81. The normalized spacial score (nSPS) is 10.5. The highest BCUT2D eigenvalue weighted by molar-refractivity contribution is 9.10. The second-order valence-electron chi connectivity index (χ2n) is 3.25. The van der Waals surface area contributed by atoms with Crippen LogP contribution in [-0.2, 0) is 4.74 Å². The average molecular weight is 301 g/mol. The molecule has 4 nitrogen and oxygen atoms in total. The van der Waals surface area contributed by atoms with E-state index in [1.165, 1.54) is 18.2 Å². The number of halogens is 2. The topological polar surface area (TPSA) is 56.5 Å². The summed E-state index contributed by atoms with van der Waals surface area (Å²) in [5, 5.41) is 0.303. The molecule has 1 aromatic carbocycles. The zero-order valence-electron chi connectivity index (χ0n) is 8.62. The summed E-state index contributed by atoms with van der Waals surface area (Å²) in [5.74, 6) is -1.50. The summed E-state index contributed by atoms with van der Waals surface area (Å²) in [4.78, 5) is 22.7. The van der Waals surface area contributed by atoms with E-state index in [1.807, 2.05) is 0 Å². The van der Waals surface area contributed by atoms with E-state index in [1.54, 1.807) is 0 Å². The van der Waals surface area contributed by atoms with Gasteiger partial charge in [-0.3, -0.25) is 0 Å². The van der Waals surface area contributed by atoms with Gasteiger partial charge in [-0.1, -0.05) is 15.9 Å². The maximum absolute atomic E-state index is 13.5. The van der Waals surface area contributed by atoms with Crippen LogP contribution in [-0.4, -0.2) is 13.1 Å². The van der Waals surface area contributed by atoms with Gasteiger partial charge in [0, 0.05) is 9.86 Å². The van der Waals surface area contributed by atoms with Crippen LogP contribution in [0.2, 0.25) is 0 Å². The quantitative estimate of drug-likeness (QED) is 0.600. The Morgan fingerprint density at radius 2 is 2.12 bits per heavy atom. The second-order valence-corrected chi connectivity index (χ2v) is 4.16. The number of carbonyl (C=O) groups is 1. The van der Waals surface area contributed by atoms with E-state index in [0.717, 1.165) is 7.11 Å². The Morgan fingerprint density at radius 1 is 1.41 bits per heavy atom. The van der Waals surface area contributed by atoms with Crippen molar-refractivity contribution in [2.75, 3.05) is 7.11 Å². The Bertz CT molecular complexity index is 662. The fraction of sp³-hybridized carbons (Fsp3) is 0.0909. The first-order chi connectivity index (χ1) is 8.02. The van der Waals surface area contributed by atoms with Crippen molar-refractivity contribution >= 4 is 32.9 Å². The van der Waals surface area contributed by atoms with Crippen LogP contribution in [0.4, 0.5) is 4.39 Å². The number of methoxy groups -OCH3 is 1.